The second-order valence-corrected chi connectivity index (χ2v) is 7.83. The van der Waals surface area contributed by atoms with Gasteiger partial charge in [-0.15, -0.1) is 0 Å². The molecule has 3 aromatic rings. The van der Waals surface area contributed by atoms with E-state index >= 15 is 0 Å². The molecule has 0 bridgehead atoms. The fourth-order valence-corrected chi connectivity index (χ4v) is 4.14. The van der Waals surface area contributed by atoms with Crippen LogP contribution >= 0.6 is 11.6 Å². The molecule has 0 atom stereocenters. The lowest BCUT2D eigenvalue weighted by Gasteiger charge is -2.11. The first-order valence-electron chi connectivity index (χ1n) is 9.73. The van der Waals surface area contributed by atoms with Crippen LogP contribution in [0.1, 0.15) is 29.8 Å². The summed E-state index contributed by atoms with van der Waals surface area (Å²) in [6.45, 7) is 1.43. The molecule has 5 rings (SSSR count). The van der Waals surface area contributed by atoms with Crippen molar-refractivity contribution in [2.24, 2.45) is 0 Å². The second kappa shape index (κ2) is 7.30. The van der Waals surface area contributed by atoms with E-state index in [1.54, 1.807) is 12.1 Å². The van der Waals surface area contributed by atoms with Gasteiger partial charge in [-0.3, -0.25) is 9.36 Å². The lowest BCUT2D eigenvalue weighted by molar-refractivity contribution is -0.137. The SMILES string of the molecule is O=c1c2ccc(C(F)(F)F)cc2nc2n1CC/C2=C\c1cc(Cl)c2c(c1)OCCCO2. The highest BCUT2D eigenvalue weighted by molar-refractivity contribution is 6.32. The molecule has 1 aromatic heterocycles. The van der Waals surface area contributed by atoms with Gasteiger partial charge in [-0.2, -0.15) is 13.2 Å². The van der Waals surface area contributed by atoms with Gasteiger partial charge in [0.15, 0.2) is 11.5 Å². The Kier molecular flexibility index (Phi) is 4.69. The van der Waals surface area contributed by atoms with Crippen LogP contribution in [0.4, 0.5) is 13.2 Å². The topological polar surface area (TPSA) is 53.4 Å². The summed E-state index contributed by atoms with van der Waals surface area (Å²) in [4.78, 5) is 17.2. The van der Waals surface area contributed by atoms with Crippen molar-refractivity contribution in [3.05, 3.63) is 62.7 Å². The van der Waals surface area contributed by atoms with E-state index in [1.807, 2.05) is 6.08 Å². The minimum Gasteiger partial charge on any atom is -0.489 e. The number of nitrogens with zero attached hydrogens (tertiary/aromatic N) is 2. The van der Waals surface area contributed by atoms with E-state index in [1.165, 1.54) is 10.6 Å². The van der Waals surface area contributed by atoms with E-state index in [4.69, 9.17) is 21.1 Å². The van der Waals surface area contributed by atoms with Crippen LogP contribution in [-0.2, 0) is 12.7 Å². The van der Waals surface area contributed by atoms with Gasteiger partial charge in [0, 0.05) is 13.0 Å². The second-order valence-electron chi connectivity index (χ2n) is 7.42. The predicted octanol–water partition coefficient (Wildman–Crippen LogP) is 5.17. The van der Waals surface area contributed by atoms with Gasteiger partial charge >= 0.3 is 6.18 Å². The third kappa shape index (κ3) is 3.54. The monoisotopic (exact) mass is 448 g/mol. The number of allylic oxidation sites excluding steroid dienone is 1. The van der Waals surface area contributed by atoms with E-state index in [9.17, 15) is 18.0 Å². The molecule has 0 amide bonds. The molecule has 0 N–H and O–H groups in total. The maximum Gasteiger partial charge on any atom is 0.416 e. The van der Waals surface area contributed by atoms with E-state index in [0.717, 1.165) is 29.7 Å². The van der Waals surface area contributed by atoms with Crippen LogP contribution in [-0.4, -0.2) is 22.8 Å². The quantitative estimate of drug-likeness (QED) is 0.515. The number of ether oxygens (including phenoxy) is 2. The van der Waals surface area contributed by atoms with Crippen molar-refractivity contribution in [1.29, 1.82) is 0 Å². The maximum absolute atomic E-state index is 13.1. The first-order valence-corrected chi connectivity index (χ1v) is 10.1. The van der Waals surface area contributed by atoms with Gasteiger partial charge in [0.25, 0.3) is 5.56 Å². The third-order valence-electron chi connectivity index (χ3n) is 5.34. The highest BCUT2D eigenvalue weighted by atomic mass is 35.5. The standard InChI is InChI=1S/C22H16ClF3N2O3/c23-16-9-12(10-18-19(16)31-7-1-6-30-18)8-13-4-5-28-20(13)27-17-11-14(22(24,25)26)2-3-15(17)21(28)29/h2-3,8-11H,1,4-7H2/b13-8+. The van der Waals surface area contributed by atoms with E-state index < -0.39 is 11.7 Å². The Labute approximate surface area is 179 Å². The predicted molar refractivity (Wildman–Crippen MR) is 111 cm³/mol. The van der Waals surface area contributed by atoms with Gasteiger partial charge in [-0.05, 0) is 54.0 Å². The highest BCUT2D eigenvalue weighted by Gasteiger charge is 2.31. The molecule has 9 heteroatoms. The van der Waals surface area contributed by atoms with E-state index in [2.05, 4.69) is 4.98 Å². The van der Waals surface area contributed by atoms with Gasteiger partial charge in [-0.1, -0.05) is 11.6 Å². The van der Waals surface area contributed by atoms with E-state index in [0.29, 0.717) is 48.5 Å². The van der Waals surface area contributed by atoms with Crippen molar-refractivity contribution in [3.63, 3.8) is 0 Å². The van der Waals surface area contributed by atoms with Crippen molar-refractivity contribution in [1.82, 2.24) is 9.55 Å². The normalized spacial score (nSPS) is 17.1. The Morgan fingerprint density at radius 2 is 1.94 bits per heavy atom. The van der Waals surface area contributed by atoms with E-state index in [-0.39, 0.29) is 16.5 Å². The summed E-state index contributed by atoms with van der Waals surface area (Å²) >= 11 is 6.36. The molecule has 0 fully saturated rings. The van der Waals surface area contributed by atoms with Crippen LogP contribution in [0.25, 0.3) is 22.6 Å². The molecular weight excluding hydrogens is 433 g/mol. The molecule has 0 radical (unpaired) electrons. The van der Waals surface area contributed by atoms with Gasteiger partial charge in [-0.25, -0.2) is 4.98 Å². The number of hydrogen-bond donors (Lipinski definition) is 0. The zero-order valence-electron chi connectivity index (χ0n) is 16.1. The van der Waals surface area contributed by atoms with Crippen LogP contribution in [0, 0.1) is 0 Å². The number of fused-ring (bicyclic) bond motifs is 3. The smallest absolute Gasteiger partial charge is 0.416 e. The number of rotatable bonds is 1. The molecule has 0 saturated carbocycles. The summed E-state index contributed by atoms with van der Waals surface area (Å²) in [5.74, 6) is 1.39. The Morgan fingerprint density at radius 3 is 2.74 bits per heavy atom. The largest absolute Gasteiger partial charge is 0.489 e. The van der Waals surface area contributed by atoms with Crippen LogP contribution in [0.3, 0.4) is 0 Å². The van der Waals surface area contributed by atoms with Crippen LogP contribution in [0.15, 0.2) is 35.1 Å². The Balaban J connectivity index is 1.61. The molecule has 160 valence electrons. The van der Waals surface area contributed by atoms with Crippen molar-refractivity contribution in [2.45, 2.75) is 25.6 Å². The van der Waals surface area contributed by atoms with Crippen molar-refractivity contribution >= 4 is 34.2 Å². The fourth-order valence-electron chi connectivity index (χ4n) is 3.87. The Hall–Kier alpha value is -3.00. The number of alkyl halides is 3. The van der Waals surface area contributed by atoms with Crippen molar-refractivity contribution < 1.29 is 22.6 Å². The molecule has 2 aliphatic heterocycles. The van der Waals surface area contributed by atoms with Crippen molar-refractivity contribution in [3.8, 4) is 11.5 Å². The summed E-state index contributed by atoms with van der Waals surface area (Å²) in [6, 6.07) is 6.53. The van der Waals surface area contributed by atoms with Gasteiger partial charge in [0.2, 0.25) is 0 Å². The zero-order valence-corrected chi connectivity index (χ0v) is 16.9. The van der Waals surface area contributed by atoms with Crippen LogP contribution in [0.2, 0.25) is 5.02 Å². The minimum absolute atomic E-state index is 0.0237. The molecule has 5 nitrogen and oxygen atoms in total. The van der Waals surface area contributed by atoms with Gasteiger partial charge in [0.1, 0.15) is 5.82 Å². The lowest BCUT2D eigenvalue weighted by Crippen LogP contribution is -2.21. The molecule has 0 unspecified atom stereocenters. The highest BCUT2D eigenvalue weighted by Crippen LogP contribution is 2.39. The summed E-state index contributed by atoms with van der Waals surface area (Å²) in [6.07, 6.45) is -1.42. The Morgan fingerprint density at radius 1 is 1.13 bits per heavy atom. The molecular formula is C22H16ClF3N2O3. The first-order chi connectivity index (χ1) is 14.8. The van der Waals surface area contributed by atoms with Gasteiger partial charge in [0.05, 0.1) is 34.7 Å². The molecule has 3 heterocycles. The molecule has 2 aromatic carbocycles. The average Bonchev–Trinajstić information content (AvgIpc) is 2.95. The Bertz CT molecular complexity index is 1300. The minimum atomic E-state index is -4.51. The summed E-state index contributed by atoms with van der Waals surface area (Å²) in [7, 11) is 0. The summed E-state index contributed by atoms with van der Waals surface area (Å²) in [5, 5.41) is 0.569. The van der Waals surface area contributed by atoms with Crippen LogP contribution in [0.5, 0.6) is 11.5 Å². The third-order valence-corrected chi connectivity index (χ3v) is 5.62. The number of benzene rings is 2. The first kappa shape index (κ1) is 19.9. The molecule has 2 aliphatic rings. The summed E-state index contributed by atoms with van der Waals surface area (Å²) in [5.41, 5.74) is 0.303. The fraction of sp³-hybridized carbons (Fsp3) is 0.273. The zero-order chi connectivity index (χ0) is 21.8. The molecule has 31 heavy (non-hydrogen) atoms. The molecule has 0 spiro atoms. The van der Waals surface area contributed by atoms with Crippen molar-refractivity contribution in [2.75, 3.05) is 13.2 Å². The number of hydrogen-bond acceptors (Lipinski definition) is 4. The number of aromatic nitrogens is 2. The summed E-state index contributed by atoms with van der Waals surface area (Å²) < 4.78 is 52.1. The average molecular weight is 449 g/mol. The molecule has 0 saturated heterocycles. The maximum atomic E-state index is 13.1. The van der Waals surface area contributed by atoms with Crippen LogP contribution < -0.4 is 15.0 Å². The molecule has 0 aliphatic carbocycles. The number of halogens is 4. The van der Waals surface area contributed by atoms with Gasteiger partial charge < -0.3 is 9.47 Å². The lowest BCUT2D eigenvalue weighted by atomic mass is 10.1.